The van der Waals surface area contributed by atoms with Gasteiger partial charge >= 0.3 is 0 Å². The number of aryl methyl sites for hydroxylation is 1. The lowest BCUT2D eigenvalue weighted by Crippen LogP contribution is -2.45. The van der Waals surface area contributed by atoms with E-state index in [9.17, 15) is 10.1 Å². The Balaban J connectivity index is 1.58. The largest absolute Gasteiger partial charge is 0.369 e. The highest BCUT2D eigenvalue weighted by Gasteiger charge is 2.18. The van der Waals surface area contributed by atoms with Gasteiger partial charge in [0, 0.05) is 50.5 Å². The first kappa shape index (κ1) is 15.5. The zero-order valence-electron chi connectivity index (χ0n) is 13.3. The Morgan fingerprint density at radius 1 is 1.04 bits per heavy atom. The molecule has 0 spiro atoms. The third-order valence-electron chi connectivity index (χ3n) is 4.30. The van der Waals surface area contributed by atoms with Crippen LogP contribution in [0, 0.1) is 17.0 Å². The van der Waals surface area contributed by atoms with Crippen LogP contribution in [0.1, 0.15) is 11.1 Å². The molecule has 1 saturated heterocycles. The molecule has 0 saturated carbocycles. The van der Waals surface area contributed by atoms with E-state index in [0.717, 1.165) is 38.3 Å². The van der Waals surface area contributed by atoms with Crippen molar-refractivity contribution < 1.29 is 4.92 Å². The van der Waals surface area contributed by atoms with E-state index in [1.165, 1.54) is 11.3 Å². The molecule has 1 heterocycles. The van der Waals surface area contributed by atoms with E-state index in [1.807, 2.05) is 6.07 Å². The molecule has 0 aromatic heterocycles. The maximum atomic E-state index is 10.9. The maximum absolute atomic E-state index is 10.9. The van der Waals surface area contributed by atoms with Crippen LogP contribution in [0.2, 0.25) is 0 Å². The van der Waals surface area contributed by atoms with Crippen molar-refractivity contribution in [2.75, 3.05) is 31.1 Å². The smallest absolute Gasteiger partial charge is 0.269 e. The molecule has 5 nitrogen and oxygen atoms in total. The Bertz CT molecular complexity index is 677. The normalized spacial score (nSPS) is 15.6. The van der Waals surface area contributed by atoms with Gasteiger partial charge in [0.15, 0.2) is 0 Å². The molecular weight excluding hydrogens is 290 g/mol. The minimum atomic E-state index is -0.334. The number of anilines is 1. The molecule has 0 N–H and O–H groups in total. The highest BCUT2D eigenvalue weighted by molar-refractivity contribution is 5.48. The summed E-state index contributed by atoms with van der Waals surface area (Å²) in [5.74, 6) is 0. The second-order valence-electron chi connectivity index (χ2n) is 6.03. The summed E-state index contributed by atoms with van der Waals surface area (Å²) in [6.45, 7) is 6.77. The van der Waals surface area contributed by atoms with Crippen molar-refractivity contribution in [2.45, 2.75) is 13.5 Å². The van der Waals surface area contributed by atoms with Gasteiger partial charge in [-0.1, -0.05) is 29.8 Å². The summed E-state index contributed by atoms with van der Waals surface area (Å²) < 4.78 is 0. The molecule has 1 aliphatic rings. The first-order valence-corrected chi connectivity index (χ1v) is 7.89. The minimum absolute atomic E-state index is 0.167. The van der Waals surface area contributed by atoms with E-state index in [4.69, 9.17) is 0 Å². The zero-order chi connectivity index (χ0) is 16.2. The fraction of sp³-hybridized carbons (Fsp3) is 0.333. The molecule has 120 valence electrons. The van der Waals surface area contributed by atoms with Gasteiger partial charge in [-0.2, -0.15) is 0 Å². The fourth-order valence-electron chi connectivity index (χ4n) is 2.95. The summed E-state index contributed by atoms with van der Waals surface area (Å²) in [6.07, 6.45) is 0. The molecule has 0 radical (unpaired) electrons. The van der Waals surface area contributed by atoms with Crippen LogP contribution in [0.4, 0.5) is 11.4 Å². The van der Waals surface area contributed by atoms with E-state index in [0.29, 0.717) is 0 Å². The van der Waals surface area contributed by atoms with Gasteiger partial charge in [0.25, 0.3) is 5.69 Å². The van der Waals surface area contributed by atoms with Gasteiger partial charge in [0.05, 0.1) is 4.92 Å². The first-order chi connectivity index (χ1) is 11.1. The lowest BCUT2D eigenvalue weighted by Gasteiger charge is -2.36. The monoisotopic (exact) mass is 311 g/mol. The molecule has 0 atom stereocenters. The van der Waals surface area contributed by atoms with Gasteiger partial charge in [0.1, 0.15) is 0 Å². The molecule has 0 unspecified atom stereocenters. The van der Waals surface area contributed by atoms with Crippen LogP contribution in [-0.2, 0) is 6.54 Å². The predicted molar refractivity (Wildman–Crippen MR) is 91.8 cm³/mol. The van der Waals surface area contributed by atoms with Crippen molar-refractivity contribution in [1.82, 2.24) is 4.90 Å². The van der Waals surface area contributed by atoms with Crippen molar-refractivity contribution in [3.05, 3.63) is 69.8 Å². The predicted octanol–water partition coefficient (Wildman–Crippen LogP) is 3.23. The standard InChI is InChI=1S/C18H21N3O2/c1-15-5-7-17(8-6-15)20-11-9-19(10-12-20)14-16-3-2-4-18(13-16)21(22)23/h2-8,13H,9-12,14H2,1H3. The number of hydrogen-bond acceptors (Lipinski definition) is 4. The number of hydrogen-bond donors (Lipinski definition) is 0. The third-order valence-corrected chi connectivity index (χ3v) is 4.30. The molecule has 1 aliphatic heterocycles. The van der Waals surface area contributed by atoms with Crippen molar-refractivity contribution in [2.24, 2.45) is 0 Å². The molecule has 2 aromatic rings. The van der Waals surface area contributed by atoms with Gasteiger partial charge in [-0.25, -0.2) is 0 Å². The van der Waals surface area contributed by atoms with Gasteiger partial charge in [-0.3, -0.25) is 15.0 Å². The highest BCUT2D eigenvalue weighted by atomic mass is 16.6. The van der Waals surface area contributed by atoms with Crippen LogP contribution < -0.4 is 4.90 Å². The number of benzene rings is 2. The maximum Gasteiger partial charge on any atom is 0.269 e. The Hall–Kier alpha value is -2.40. The van der Waals surface area contributed by atoms with Gasteiger partial charge in [0.2, 0.25) is 0 Å². The minimum Gasteiger partial charge on any atom is -0.369 e. The molecule has 2 aromatic carbocycles. The Morgan fingerprint density at radius 3 is 2.39 bits per heavy atom. The van der Waals surface area contributed by atoms with E-state index >= 15 is 0 Å². The first-order valence-electron chi connectivity index (χ1n) is 7.89. The number of nitro benzene ring substituents is 1. The average molecular weight is 311 g/mol. The van der Waals surface area contributed by atoms with Crippen LogP contribution in [0.25, 0.3) is 0 Å². The number of piperazine rings is 1. The summed E-state index contributed by atoms with van der Waals surface area (Å²) in [5.41, 5.74) is 3.72. The average Bonchev–Trinajstić information content (AvgIpc) is 2.57. The third kappa shape index (κ3) is 3.87. The van der Waals surface area contributed by atoms with Crippen molar-refractivity contribution in [3.63, 3.8) is 0 Å². The van der Waals surface area contributed by atoms with Crippen molar-refractivity contribution >= 4 is 11.4 Å². The Kier molecular flexibility index (Phi) is 4.57. The molecule has 1 fully saturated rings. The molecule has 5 heteroatoms. The van der Waals surface area contributed by atoms with Crippen LogP contribution in [0.3, 0.4) is 0 Å². The number of rotatable bonds is 4. The van der Waals surface area contributed by atoms with Crippen LogP contribution >= 0.6 is 0 Å². The SMILES string of the molecule is Cc1ccc(N2CCN(Cc3cccc([N+](=O)[O-])c3)CC2)cc1. The quantitative estimate of drug-likeness (QED) is 0.642. The molecular formula is C18H21N3O2. The molecule has 0 bridgehead atoms. The zero-order valence-corrected chi connectivity index (χ0v) is 13.3. The number of non-ortho nitro benzene ring substituents is 1. The topological polar surface area (TPSA) is 49.6 Å². The second kappa shape index (κ2) is 6.79. The summed E-state index contributed by atoms with van der Waals surface area (Å²) in [5, 5.41) is 10.9. The Labute approximate surface area is 136 Å². The summed E-state index contributed by atoms with van der Waals surface area (Å²) >= 11 is 0. The summed E-state index contributed by atoms with van der Waals surface area (Å²) in [4.78, 5) is 15.3. The lowest BCUT2D eigenvalue weighted by atomic mass is 10.1. The van der Waals surface area contributed by atoms with Crippen LogP contribution in [0.15, 0.2) is 48.5 Å². The van der Waals surface area contributed by atoms with Gasteiger partial charge in [-0.15, -0.1) is 0 Å². The van der Waals surface area contributed by atoms with Crippen LogP contribution in [0.5, 0.6) is 0 Å². The number of nitro groups is 1. The van der Waals surface area contributed by atoms with Crippen LogP contribution in [-0.4, -0.2) is 36.0 Å². The molecule has 3 rings (SSSR count). The molecule has 0 amide bonds. The van der Waals surface area contributed by atoms with E-state index in [1.54, 1.807) is 18.2 Å². The second-order valence-corrected chi connectivity index (χ2v) is 6.03. The Morgan fingerprint density at radius 2 is 1.74 bits per heavy atom. The molecule has 23 heavy (non-hydrogen) atoms. The van der Waals surface area contributed by atoms with E-state index < -0.39 is 0 Å². The summed E-state index contributed by atoms with van der Waals surface area (Å²) in [6, 6.07) is 15.6. The fourth-order valence-corrected chi connectivity index (χ4v) is 2.95. The number of nitrogens with zero attached hydrogens (tertiary/aromatic N) is 3. The van der Waals surface area contributed by atoms with Gasteiger partial charge in [-0.05, 0) is 24.6 Å². The van der Waals surface area contributed by atoms with Gasteiger partial charge < -0.3 is 4.90 Å². The molecule has 0 aliphatic carbocycles. The summed E-state index contributed by atoms with van der Waals surface area (Å²) in [7, 11) is 0. The lowest BCUT2D eigenvalue weighted by molar-refractivity contribution is -0.384. The van der Waals surface area contributed by atoms with Crippen molar-refractivity contribution in [3.8, 4) is 0 Å². The van der Waals surface area contributed by atoms with E-state index in [-0.39, 0.29) is 10.6 Å². The van der Waals surface area contributed by atoms with Crippen molar-refractivity contribution in [1.29, 1.82) is 0 Å². The highest BCUT2D eigenvalue weighted by Crippen LogP contribution is 2.19. The van der Waals surface area contributed by atoms with E-state index in [2.05, 4.69) is 41.0 Å².